The van der Waals surface area contributed by atoms with Gasteiger partial charge in [0.05, 0.1) is 16.3 Å². The maximum absolute atomic E-state index is 12.0. The number of sulfonamides is 1. The second kappa shape index (κ2) is 8.27. The van der Waals surface area contributed by atoms with Crippen molar-refractivity contribution in [1.29, 1.82) is 0 Å². The van der Waals surface area contributed by atoms with Gasteiger partial charge in [-0.3, -0.25) is 0 Å². The molecule has 8 heteroatoms. The topological polar surface area (TPSA) is 74.1 Å². The van der Waals surface area contributed by atoms with Gasteiger partial charge in [0.25, 0.3) is 0 Å². The Hall–Kier alpha value is -1.90. The average Bonchev–Trinajstić information content (AvgIpc) is 2.59. The number of hydrogen-bond donors (Lipinski definition) is 2. The number of nitrogens with one attached hydrogen (secondary N) is 1. The molecule has 0 saturated carbocycles. The zero-order chi connectivity index (χ0) is 17.6. The molecule has 2 rings (SSSR count). The van der Waals surface area contributed by atoms with Crippen molar-refractivity contribution < 1.29 is 8.42 Å². The van der Waals surface area contributed by atoms with E-state index in [0.717, 1.165) is 11.4 Å². The number of nitrogens with zero attached hydrogens (tertiary/aromatic N) is 3. The van der Waals surface area contributed by atoms with Crippen molar-refractivity contribution in [2.45, 2.75) is 4.90 Å². The third kappa shape index (κ3) is 5.05. The van der Waals surface area contributed by atoms with Crippen LogP contribution in [0.2, 0.25) is 0 Å². The average molecular weight is 364 g/mol. The molecule has 0 aliphatic carbocycles. The van der Waals surface area contributed by atoms with E-state index in [1.807, 2.05) is 43.3 Å². The summed E-state index contributed by atoms with van der Waals surface area (Å²) in [6.45, 7) is 0.288. The fourth-order valence-corrected chi connectivity index (χ4v) is 3.18. The van der Waals surface area contributed by atoms with Crippen LogP contribution in [0.25, 0.3) is 0 Å². The molecule has 0 aliphatic heterocycles. The minimum Gasteiger partial charge on any atom is -0.378 e. The molecule has 0 amide bonds. The highest BCUT2D eigenvalue weighted by molar-refractivity contribution is 7.89. The lowest BCUT2D eigenvalue weighted by Gasteiger charge is -2.11. The quantitative estimate of drug-likeness (QED) is 0.584. The summed E-state index contributed by atoms with van der Waals surface area (Å²) in [5.41, 5.74) is 2.39. The molecular weight excluding hydrogens is 344 g/mol. The van der Waals surface area contributed by atoms with Gasteiger partial charge in [-0.15, -0.1) is 0 Å². The van der Waals surface area contributed by atoms with Gasteiger partial charge in [0, 0.05) is 32.1 Å². The maximum Gasteiger partial charge on any atom is 0.240 e. The number of anilines is 1. The number of thiol groups is 1. The molecule has 0 heterocycles. The largest absolute Gasteiger partial charge is 0.378 e. The zero-order valence-corrected chi connectivity index (χ0v) is 15.3. The Morgan fingerprint density at radius 3 is 1.92 bits per heavy atom. The number of rotatable bonds is 7. The maximum atomic E-state index is 12.0. The van der Waals surface area contributed by atoms with Gasteiger partial charge in [-0.1, -0.05) is 0 Å². The summed E-state index contributed by atoms with van der Waals surface area (Å²) in [5, 5.41) is 8.27. The van der Waals surface area contributed by atoms with Crippen LogP contribution in [0.4, 0.5) is 17.1 Å². The van der Waals surface area contributed by atoms with E-state index in [1.165, 1.54) is 12.1 Å². The van der Waals surface area contributed by atoms with Crippen molar-refractivity contribution in [2.24, 2.45) is 10.2 Å². The van der Waals surface area contributed by atoms with Gasteiger partial charge in [-0.25, -0.2) is 13.1 Å². The molecule has 0 spiro atoms. The lowest BCUT2D eigenvalue weighted by molar-refractivity contribution is 0.584. The smallest absolute Gasteiger partial charge is 0.240 e. The monoisotopic (exact) mass is 364 g/mol. The molecule has 0 unspecified atom stereocenters. The van der Waals surface area contributed by atoms with E-state index in [4.69, 9.17) is 0 Å². The highest BCUT2D eigenvalue weighted by atomic mass is 32.2. The van der Waals surface area contributed by atoms with Crippen molar-refractivity contribution >= 4 is 39.7 Å². The summed E-state index contributed by atoms with van der Waals surface area (Å²) in [6, 6.07) is 13.9. The first-order valence-electron chi connectivity index (χ1n) is 7.32. The first kappa shape index (κ1) is 18.4. The number of azo groups is 1. The van der Waals surface area contributed by atoms with E-state index < -0.39 is 10.0 Å². The molecule has 0 radical (unpaired) electrons. The SMILES string of the molecule is CN(C)c1ccc(/N=N/c2ccc(S(=O)(=O)NCCS)cc2)cc1. The van der Waals surface area contributed by atoms with Crippen LogP contribution in [-0.4, -0.2) is 34.8 Å². The lowest BCUT2D eigenvalue weighted by atomic mass is 10.3. The Morgan fingerprint density at radius 2 is 1.46 bits per heavy atom. The molecule has 6 nitrogen and oxygen atoms in total. The summed E-state index contributed by atoms with van der Waals surface area (Å²) in [4.78, 5) is 2.19. The summed E-state index contributed by atoms with van der Waals surface area (Å²) < 4.78 is 26.4. The number of hydrogen-bond acceptors (Lipinski definition) is 6. The predicted molar refractivity (Wildman–Crippen MR) is 100 cm³/mol. The third-order valence-electron chi connectivity index (χ3n) is 3.20. The minimum absolute atomic E-state index is 0.193. The Morgan fingerprint density at radius 1 is 0.958 bits per heavy atom. The zero-order valence-electron chi connectivity index (χ0n) is 13.5. The highest BCUT2D eigenvalue weighted by Crippen LogP contribution is 2.22. The summed E-state index contributed by atoms with van der Waals surface area (Å²) in [5.74, 6) is 0.443. The molecule has 128 valence electrons. The van der Waals surface area contributed by atoms with E-state index in [2.05, 4.69) is 27.6 Å². The normalized spacial score (nSPS) is 11.8. The first-order valence-corrected chi connectivity index (χ1v) is 9.43. The van der Waals surface area contributed by atoms with Crippen LogP contribution in [0.1, 0.15) is 0 Å². The lowest BCUT2D eigenvalue weighted by Crippen LogP contribution is -2.25. The van der Waals surface area contributed by atoms with Crippen molar-refractivity contribution in [3.8, 4) is 0 Å². The van der Waals surface area contributed by atoms with Gasteiger partial charge in [0.15, 0.2) is 0 Å². The van der Waals surface area contributed by atoms with E-state index in [0.29, 0.717) is 11.4 Å². The fourth-order valence-electron chi connectivity index (χ4n) is 1.89. The molecule has 0 fully saturated rings. The highest BCUT2D eigenvalue weighted by Gasteiger charge is 2.12. The van der Waals surface area contributed by atoms with Gasteiger partial charge in [0.2, 0.25) is 10.0 Å². The second-order valence-electron chi connectivity index (χ2n) is 5.23. The molecule has 2 aromatic carbocycles. The van der Waals surface area contributed by atoms with Crippen molar-refractivity contribution in [2.75, 3.05) is 31.3 Å². The molecule has 1 N–H and O–H groups in total. The molecule has 0 aliphatic rings. The van der Waals surface area contributed by atoms with Gasteiger partial charge in [-0.05, 0) is 48.5 Å². The van der Waals surface area contributed by atoms with Crippen LogP contribution in [-0.2, 0) is 10.0 Å². The van der Waals surface area contributed by atoms with E-state index in [-0.39, 0.29) is 11.4 Å². The molecule has 0 saturated heterocycles. The Balaban J connectivity index is 2.08. The van der Waals surface area contributed by atoms with Gasteiger partial charge in [0.1, 0.15) is 0 Å². The van der Waals surface area contributed by atoms with Gasteiger partial charge >= 0.3 is 0 Å². The van der Waals surface area contributed by atoms with Gasteiger partial charge in [-0.2, -0.15) is 22.9 Å². The van der Waals surface area contributed by atoms with E-state index in [9.17, 15) is 8.42 Å². The first-order chi connectivity index (χ1) is 11.4. The Kier molecular flexibility index (Phi) is 6.36. The minimum atomic E-state index is -3.50. The standard InChI is InChI=1S/C16H20N4O2S2/c1-20(2)15-7-3-13(4-8-15)18-19-14-5-9-16(10-6-14)24(21,22)17-11-12-23/h3-10,17,23H,11-12H2,1-2H3/b19-18+. The Labute approximate surface area is 148 Å². The fraction of sp³-hybridized carbons (Fsp3) is 0.250. The van der Waals surface area contributed by atoms with E-state index in [1.54, 1.807) is 12.1 Å². The second-order valence-corrected chi connectivity index (χ2v) is 7.44. The molecule has 24 heavy (non-hydrogen) atoms. The number of benzene rings is 2. The van der Waals surface area contributed by atoms with Crippen LogP contribution in [0, 0.1) is 0 Å². The van der Waals surface area contributed by atoms with Crippen molar-refractivity contribution in [1.82, 2.24) is 4.72 Å². The predicted octanol–water partition coefficient (Wildman–Crippen LogP) is 3.38. The van der Waals surface area contributed by atoms with Crippen LogP contribution in [0.3, 0.4) is 0 Å². The van der Waals surface area contributed by atoms with Crippen LogP contribution >= 0.6 is 12.6 Å². The van der Waals surface area contributed by atoms with Crippen molar-refractivity contribution in [3.63, 3.8) is 0 Å². The van der Waals surface area contributed by atoms with Crippen LogP contribution in [0.15, 0.2) is 63.7 Å². The van der Waals surface area contributed by atoms with Crippen molar-refractivity contribution in [3.05, 3.63) is 48.5 Å². The molecule has 0 atom stereocenters. The summed E-state index contributed by atoms with van der Waals surface area (Å²) in [7, 11) is 0.444. The van der Waals surface area contributed by atoms with Crippen LogP contribution < -0.4 is 9.62 Å². The molecule has 0 bridgehead atoms. The summed E-state index contributed by atoms with van der Waals surface area (Å²) >= 11 is 3.98. The summed E-state index contributed by atoms with van der Waals surface area (Å²) in [6.07, 6.45) is 0. The van der Waals surface area contributed by atoms with Crippen LogP contribution in [0.5, 0.6) is 0 Å². The molecular formula is C16H20N4O2S2. The Bertz CT molecular complexity index is 786. The third-order valence-corrected chi connectivity index (χ3v) is 4.90. The molecule has 2 aromatic rings. The van der Waals surface area contributed by atoms with Gasteiger partial charge < -0.3 is 4.90 Å². The van der Waals surface area contributed by atoms with E-state index >= 15 is 0 Å². The molecule has 0 aromatic heterocycles.